The number of benzene rings is 1. The van der Waals surface area contributed by atoms with Crippen LogP contribution < -0.4 is 4.74 Å². The van der Waals surface area contributed by atoms with Crippen LogP contribution in [0.25, 0.3) is 0 Å². The first-order valence-corrected chi connectivity index (χ1v) is 5.93. The highest BCUT2D eigenvalue weighted by Crippen LogP contribution is 2.36. The van der Waals surface area contributed by atoms with E-state index in [0.29, 0.717) is 0 Å². The van der Waals surface area contributed by atoms with Gasteiger partial charge < -0.3 is 35.4 Å². The van der Waals surface area contributed by atoms with Crippen molar-refractivity contribution in [1.29, 1.82) is 0 Å². The lowest BCUT2D eigenvalue weighted by atomic mass is 10.0. The number of aromatic carboxylic acids is 1. The monoisotopic (exact) mass is 332 g/mol. The summed E-state index contributed by atoms with van der Waals surface area (Å²) in [5.41, 5.74) is -2.36. The number of aliphatic carboxylic acids is 2. The molecule has 0 aromatic heterocycles. The highest BCUT2D eigenvalue weighted by Gasteiger charge is 2.32. The number of phenols is 2. The highest BCUT2D eigenvalue weighted by atomic mass is 16.5. The molecule has 23 heavy (non-hydrogen) atoms. The molecular formula is C13H16O10. The molecule has 0 aliphatic heterocycles. The van der Waals surface area contributed by atoms with Gasteiger partial charge in [0.25, 0.3) is 0 Å². The van der Waals surface area contributed by atoms with Gasteiger partial charge >= 0.3 is 17.9 Å². The fraction of sp³-hybridized carbons (Fsp3) is 0.308. The topological polar surface area (TPSA) is 182 Å². The van der Waals surface area contributed by atoms with Gasteiger partial charge in [-0.25, -0.2) is 9.59 Å². The van der Waals surface area contributed by atoms with Gasteiger partial charge in [0.05, 0.1) is 19.1 Å². The number of carboxylic acids is 3. The van der Waals surface area contributed by atoms with Crippen LogP contribution in [0.15, 0.2) is 12.1 Å². The van der Waals surface area contributed by atoms with Gasteiger partial charge in [0.1, 0.15) is 0 Å². The third-order valence-corrected chi connectivity index (χ3v) is 2.46. The summed E-state index contributed by atoms with van der Waals surface area (Å²) in [4.78, 5) is 30.4. The van der Waals surface area contributed by atoms with Crippen molar-refractivity contribution in [2.45, 2.75) is 18.9 Å². The molecule has 0 amide bonds. The van der Waals surface area contributed by atoms with E-state index in [-0.39, 0.29) is 11.3 Å². The zero-order valence-corrected chi connectivity index (χ0v) is 12.2. The Balaban J connectivity index is 0.000000438. The molecule has 0 heterocycles. The van der Waals surface area contributed by atoms with Crippen molar-refractivity contribution in [2.24, 2.45) is 0 Å². The van der Waals surface area contributed by atoms with Crippen LogP contribution in [0.3, 0.4) is 0 Å². The van der Waals surface area contributed by atoms with Gasteiger partial charge in [-0.3, -0.25) is 4.79 Å². The maximum absolute atomic E-state index is 10.4. The molecule has 0 saturated carbocycles. The molecule has 0 saturated heterocycles. The number of carbonyl (C=O) groups is 3. The summed E-state index contributed by atoms with van der Waals surface area (Å²) in [5.74, 6) is -5.04. The Morgan fingerprint density at radius 3 is 1.74 bits per heavy atom. The Labute approximate surface area is 129 Å². The van der Waals surface area contributed by atoms with Crippen molar-refractivity contribution in [3.05, 3.63) is 17.7 Å². The van der Waals surface area contributed by atoms with Crippen LogP contribution in [0.4, 0.5) is 0 Å². The second-order valence-corrected chi connectivity index (χ2v) is 4.50. The molecule has 0 aliphatic carbocycles. The summed E-state index contributed by atoms with van der Waals surface area (Å²) < 4.78 is 4.62. The molecule has 1 aromatic rings. The normalized spacial score (nSPS) is 12.3. The van der Waals surface area contributed by atoms with Crippen LogP contribution in [-0.2, 0) is 9.59 Å². The van der Waals surface area contributed by atoms with Gasteiger partial charge in [0.2, 0.25) is 5.75 Å². The van der Waals surface area contributed by atoms with E-state index >= 15 is 0 Å². The highest BCUT2D eigenvalue weighted by molar-refractivity contribution is 5.89. The first kappa shape index (κ1) is 20.0. The second-order valence-electron chi connectivity index (χ2n) is 4.50. The molecule has 0 radical (unpaired) electrons. The predicted octanol–water partition coefficient (Wildman–Crippen LogP) is 0.101. The Kier molecular flexibility index (Phi) is 6.82. The van der Waals surface area contributed by atoms with Crippen molar-refractivity contribution in [3.8, 4) is 17.2 Å². The molecule has 128 valence electrons. The maximum Gasteiger partial charge on any atom is 0.335 e. The Morgan fingerprint density at radius 2 is 1.52 bits per heavy atom. The van der Waals surface area contributed by atoms with Gasteiger partial charge in [-0.2, -0.15) is 0 Å². The summed E-state index contributed by atoms with van der Waals surface area (Å²) in [6, 6.07) is 2.00. The maximum atomic E-state index is 10.4. The van der Waals surface area contributed by atoms with Crippen LogP contribution in [-0.4, -0.2) is 61.3 Å². The largest absolute Gasteiger partial charge is 0.504 e. The lowest BCUT2D eigenvalue weighted by Crippen LogP contribution is -2.37. The summed E-state index contributed by atoms with van der Waals surface area (Å²) in [6.07, 6.45) is -0.789. The quantitative estimate of drug-likeness (QED) is 0.432. The van der Waals surface area contributed by atoms with Gasteiger partial charge in [-0.05, 0) is 19.1 Å². The fourth-order valence-corrected chi connectivity index (χ4v) is 1.30. The number of hydrogen-bond acceptors (Lipinski definition) is 7. The van der Waals surface area contributed by atoms with Gasteiger partial charge in [0.15, 0.2) is 17.1 Å². The number of aliphatic hydroxyl groups is 1. The van der Waals surface area contributed by atoms with E-state index in [9.17, 15) is 24.6 Å². The smallest absolute Gasteiger partial charge is 0.335 e. The second kappa shape index (κ2) is 7.84. The molecule has 10 nitrogen and oxygen atoms in total. The molecule has 0 spiro atoms. The predicted molar refractivity (Wildman–Crippen MR) is 73.8 cm³/mol. The number of methoxy groups -OCH3 is 1. The molecule has 1 aromatic carbocycles. The zero-order valence-electron chi connectivity index (χ0n) is 12.2. The number of ether oxygens (including phenoxy) is 1. The molecule has 0 unspecified atom stereocenters. The van der Waals surface area contributed by atoms with Crippen LogP contribution in [0.5, 0.6) is 17.2 Å². The number of rotatable bonds is 5. The van der Waals surface area contributed by atoms with Gasteiger partial charge in [0, 0.05) is 0 Å². The summed E-state index contributed by atoms with van der Waals surface area (Å²) in [6.45, 7) is 0.934. The number of aromatic hydroxyl groups is 2. The van der Waals surface area contributed by atoms with Crippen LogP contribution in [0.1, 0.15) is 23.7 Å². The van der Waals surface area contributed by atoms with Crippen molar-refractivity contribution in [1.82, 2.24) is 0 Å². The zero-order chi connectivity index (χ0) is 18.4. The van der Waals surface area contributed by atoms with Crippen molar-refractivity contribution in [2.75, 3.05) is 7.11 Å². The SMILES string of the molecule is COc1c(O)cc(C(=O)O)cc1O.C[C@](O)(CC(=O)O)C(=O)O. The first-order valence-electron chi connectivity index (χ1n) is 5.93. The Bertz CT molecular complexity index is 582. The molecule has 6 N–H and O–H groups in total. The summed E-state index contributed by atoms with van der Waals surface area (Å²) in [7, 11) is 1.26. The van der Waals surface area contributed by atoms with Crippen molar-refractivity contribution in [3.63, 3.8) is 0 Å². The molecular weight excluding hydrogens is 316 g/mol. The summed E-state index contributed by atoms with van der Waals surface area (Å²) in [5, 5.41) is 51.9. The van der Waals surface area contributed by atoms with E-state index in [1.165, 1.54) is 7.11 Å². The molecule has 0 aliphatic rings. The average molecular weight is 332 g/mol. The number of phenolic OH excluding ortho intramolecular Hbond substituents is 2. The lowest BCUT2D eigenvalue weighted by molar-refractivity contribution is -0.163. The first-order chi connectivity index (χ1) is 10.4. The minimum absolute atomic E-state index is 0.134. The molecule has 1 rings (SSSR count). The van der Waals surface area contributed by atoms with Gasteiger partial charge in [-0.15, -0.1) is 0 Å². The standard InChI is InChI=1S/C8H8O5.C5H8O5/c1-13-7-5(9)2-4(8(11)12)3-6(7)10;1-5(10,4(8)9)2-3(6)7/h2-3,9-10H,1H3,(H,11,12);10H,2H2,1H3,(H,6,7)(H,8,9)/t;5-/m.0/s1. The van der Waals surface area contributed by atoms with Crippen molar-refractivity contribution < 1.29 is 49.8 Å². The van der Waals surface area contributed by atoms with E-state index in [4.69, 9.17) is 20.4 Å². The Hall–Kier alpha value is -3.01. The van der Waals surface area contributed by atoms with E-state index < -0.39 is 41.4 Å². The van der Waals surface area contributed by atoms with Crippen molar-refractivity contribution >= 4 is 17.9 Å². The number of hydrogen-bond donors (Lipinski definition) is 6. The Morgan fingerprint density at radius 1 is 1.09 bits per heavy atom. The van der Waals surface area contributed by atoms with Gasteiger partial charge in [-0.1, -0.05) is 0 Å². The third-order valence-electron chi connectivity index (χ3n) is 2.46. The van der Waals surface area contributed by atoms with Crippen LogP contribution in [0, 0.1) is 0 Å². The minimum Gasteiger partial charge on any atom is -0.504 e. The minimum atomic E-state index is -2.16. The summed E-state index contributed by atoms with van der Waals surface area (Å²) >= 11 is 0. The molecule has 0 bridgehead atoms. The molecule has 0 fully saturated rings. The average Bonchev–Trinajstić information content (AvgIpc) is 2.37. The van der Waals surface area contributed by atoms with E-state index in [0.717, 1.165) is 19.1 Å². The van der Waals surface area contributed by atoms with E-state index in [2.05, 4.69) is 4.74 Å². The van der Waals surface area contributed by atoms with E-state index in [1.54, 1.807) is 0 Å². The van der Waals surface area contributed by atoms with E-state index in [1.807, 2.05) is 0 Å². The molecule has 10 heteroatoms. The number of carboxylic acid groups (broad SMARTS) is 3. The lowest BCUT2D eigenvalue weighted by Gasteiger charge is -2.13. The fourth-order valence-electron chi connectivity index (χ4n) is 1.30. The third kappa shape index (κ3) is 6.09. The van der Waals surface area contributed by atoms with Crippen LogP contribution in [0.2, 0.25) is 0 Å². The van der Waals surface area contributed by atoms with Crippen LogP contribution >= 0.6 is 0 Å². The molecule has 1 atom stereocenters.